The summed E-state index contributed by atoms with van der Waals surface area (Å²) in [5.74, 6) is 0.917. The number of benzene rings is 1. The molecule has 2 unspecified atom stereocenters. The van der Waals surface area contributed by atoms with Gasteiger partial charge in [0.15, 0.2) is 0 Å². The molecule has 1 saturated heterocycles. The third-order valence-corrected chi connectivity index (χ3v) is 4.46. The normalized spacial score (nSPS) is 23.5. The van der Waals surface area contributed by atoms with Gasteiger partial charge in [0.05, 0.1) is 25.9 Å². The van der Waals surface area contributed by atoms with Crippen molar-refractivity contribution in [2.24, 2.45) is 0 Å². The fourth-order valence-corrected chi connectivity index (χ4v) is 3.40. The third kappa shape index (κ3) is 3.77. The largest absolute Gasteiger partial charge is 0.496 e. The highest BCUT2D eigenvalue weighted by Crippen LogP contribution is 2.37. The van der Waals surface area contributed by atoms with E-state index >= 15 is 0 Å². The second-order valence-electron chi connectivity index (χ2n) is 5.63. The molecule has 2 rings (SSSR count). The van der Waals surface area contributed by atoms with Gasteiger partial charge in [0.2, 0.25) is 0 Å². The molecule has 2 atom stereocenters. The Morgan fingerprint density at radius 2 is 2.24 bits per heavy atom. The van der Waals surface area contributed by atoms with Gasteiger partial charge in [0.1, 0.15) is 5.75 Å². The Hall–Kier alpha value is -0.620. The molecule has 4 nitrogen and oxygen atoms in total. The van der Waals surface area contributed by atoms with E-state index in [1.165, 1.54) is 5.56 Å². The van der Waals surface area contributed by atoms with Gasteiger partial charge in [0.25, 0.3) is 0 Å². The number of likely N-dealkylation sites (N-methyl/N-ethyl adjacent to an activating group) is 1. The van der Waals surface area contributed by atoms with Crippen molar-refractivity contribution < 1.29 is 9.47 Å². The molecule has 1 aromatic rings. The van der Waals surface area contributed by atoms with Crippen molar-refractivity contribution in [1.82, 2.24) is 10.2 Å². The quantitative estimate of drug-likeness (QED) is 0.879. The van der Waals surface area contributed by atoms with Crippen LogP contribution in [0.15, 0.2) is 22.7 Å². The van der Waals surface area contributed by atoms with Crippen LogP contribution in [0.1, 0.15) is 25.5 Å². The number of ether oxygens (including phenoxy) is 2. The molecular weight excluding hydrogens is 332 g/mol. The molecule has 0 spiro atoms. The number of methoxy groups -OCH3 is 1. The molecule has 0 saturated carbocycles. The molecule has 1 aliphatic rings. The Morgan fingerprint density at radius 1 is 1.48 bits per heavy atom. The molecule has 21 heavy (non-hydrogen) atoms. The lowest BCUT2D eigenvalue weighted by atomic mass is 9.95. The van der Waals surface area contributed by atoms with Gasteiger partial charge < -0.3 is 14.8 Å². The van der Waals surface area contributed by atoms with Gasteiger partial charge in [-0.15, -0.1) is 0 Å². The van der Waals surface area contributed by atoms with Crippen molar-refractivity contribution >= 4 is 15.9 Å². The van der Waals surface area contributed by atoms with E-state index in [2.05, 4.69) is 46.1 Å². The van der Waals surface area contributed by atoms with Crippen LogP contribution in [0, 0.1) is 0 Å². The minimum Gasteiger partial charge on any atom is -0.496 e. The standard InChI is InChI=1S/C16H25BrN2O2/c1-11(2)19-7-8-21-15(10-18-3)16(19)13-9-12(17)5-6-14(13)20-4/h5-6,9,11,15-16,18H,7-8,10H2,1-4H3. The van der Waals surface area contributed by atoms with Gasteiger partial charge in [-0.2, -0.15) is 0 Å². The van der Waals surface area contributed by atoms with Gasteiger partial charge in [0, 0.05) is 29.2 Å². The van der Waals surface area contributed by atoms with Crippen molar-refractivity contribution in [1.29, 1.82) is 0 Å². The Bertz CT molecular complexity index is 466. The second kappa shape index (κ2) is 7.58. The summed E-state index contributed by atoms with van der Waals surface area (Å²) in [6.07, 6.45) is 0.120. The summed E-state index contributed by atoms with van der Waals surface area (Å²) in [5.41, 5.74) is 1.18. The fourth-order valence-electron chi connectivity index (χ4n) is 3.02. The molecule has 1 heterocycles. The summed E-state index contributed by atoms with van der Waals surface area (Å²) < 4.78 is 12.7. The van der Waals surface area contributed by atoms with Crippen LogP contribution in [0.3, 0.4) is 0 Å². The fraction of sp³-hybridized carbons (Fsp3) is 0.625. The zero-order valence-corrected chi connectivity index (χ0v) is 14.8. The molecule has 0 aliphatic carbocycles. The first-order chi connectivity index (χ1) is 10.1. The lowest BCUT2D eigenvalue weighted by molar-refractivity contribution is -0.0820. The first-order valence-electron chi connectivity index (χ1n) is 7.43. The number of nitrogens with zero attached hydrogens (tertiary/aromatic N) is 1. The van der Waals surface area contributed by atoms with Crippen molar-refractivity contribution in [2.75, 3.05) is 33.9 Å². The van der Waals surface area contributed by atoms with Gasteiger partial charge in [-0.3, -0.25) is 4.90 Å². The minimum absolute atomic E-state index is 0.120. The van der Waals surface area contributed by atoms with E-state index < -0.39 is 0 Å². The van der Waals surface area contributed by atoms with Gasteiger partial charge in [-0.25, -0.2) is 0 Å². The van der Waals surface area contributed by atoms with Gasteiger partial charge >= 0.3 is 0 Å². The second-order valence-corrected chi connectivity index (χ2v) is 6.55. The predicted octanol–water partition coefficient (Wildman–Crippen LogP) is 2.83. The van der Waals surface area contributed by atoms with E-state index in [0.29, 0.717) is 6.04 Å². The molecular formula is C16H25BrN2O2. The first-order valence-corrected chi connectivity index (χ1v) is 8.23. The lowest BCUT2D eigenvalue weighted by Gasteiger charge is -2.44. The number of rotatable bonds is 5. The zero-order chi connectivity index (χ0) is 15.4. The van der Waals surface area contributed by atoms with Crippen molar-refractivity contribution in [3.8, 4) is 5.75 Å². The molecule has 118 valence electrons. The van der Waals surface area contributed by atoms with E-state index in [-0.39, 0.29) is 12.1 Å². The number of hydrogen-bond donors (Lipinski definition) is 1. The predicted molar refractivity (Wildman–Crippen MR) is 88.9 cm³/mol. The summed E-state index contributed by atoms with van der Waals surface area (Å²) >= 11 is 3.58. The Balaban J connectivity index is 2.44. The van der Waals surface area contributed by atoms with E-state index in [1.54, 1.807) is 7.11 Å². The summed E-state index contributed by atoms with van der Waals surface area (Å²) in [6.45, 7) is 7.01. The van der Waals surface area contributed by atoms with Crippen LogP contribution in [0.25, 0.3) is 0 Å². The maximum atomic E-state index is 6.03. The SMILES string of the molecule is CNCC1OCCN(C(C)C)C1c1cc(Br)ccc1OC. The van der Waals surface area contributed by atoms with Crippen molar-refractivity contribution in [3.63, 3.8) is 0 Å². The number of nitrogens with one attached hydrogen (secondary N) is 1. The van der Waals surface area contributed by atoms with Crippen LogP contribution < -0.4 is 10.1 Å². The van der Waals surface area contributed by atoms with E-state index in [0.717, 1.165) is 29.9 Å². The average Bonchev–Trinajstić information content (AvgIpc) is 2.47. The lowest BCUT2D eigenvalue weighted by Crippen LogP contribution is -2.51. The number of hydrogen-bond acceptors (Lipinski definition) is 4. The van der Waals surface area contributed by atoms with Crippen LogP contribution in [0.5, 0.6) is 5.75 Å². The minimum atomic E-state index is 0.120. The topological polar surface area (TPSA) is 33.7 Å². The Morgan fingerprint density at radius 3 is 2.86 bits per heavy atom. The summed E-state index contributed by atoms with van der Waals surface area (Å²) in [5, 5.41) is 3.24. The summed E-state index contributed by atoms with van der Waals surface area (Å²) in [6, 6.07) is 6.83. The molecule has 1 N–H and O–H groups in total. The zero-order valence-electron chi connectivity index (χ0n) is 13.2. The van der Waals surface area contributed by atoms with Crippen LogP contribution in [0.4, 0.5) is 0 Å². The summed E-state index contributed by atoms with van der Waals surface area (Å²) in [4.78, 5) is 2.50. The van der Waals surface area contributed by atoms with Crippen LogP contribution in [-0.4, -0.2) is 50.9 Å². The van der Waals surface area contributed by atoms with Crippen LogP contribution in [-0.2, 0) is 4.74 Å². The molecule has 1 aliphatic heterocycles. The van der Waals surface area contributed by atoms with Crippen LogP contribution >= 0.6 is 15.9 Å². The summed E-state index contributed by atoms with van der Waals surface area (Å²) in [7, 11) is 3.69. The Labute approximate surface area is 135 Å². The Kier molecular flexibility index (Phi) is 6.05. The molecule has 1 aromatic carbocycles. The van der Waals surface area contributed by atoms with E-state index in [4.69, 9.17) is 9.47 Å². The smallest absolute Gasteiger partial charge is 0.123 e. The highest BCUT2D eigenvalue weighted by atomic mass is 79.9. The third-order valence-electron chi connectivity index (χ3n) is 3.97. The van der Waals surface area contributed by atoms with Crippen LogP contribution in [0.2, 0.25) is 0 Å². The molecule has 5 heteroatoms. The number of morpholine rings is 1. The molecule has 0 bridgehead atoms. The molecule has 1 fully saturated rings. The molecule has 0 amide bonds. The molecule has 0 radical (unpaired) electrons. The van der Waals surface area contributed by atoms with Gasteiger partial charge in [-0.05, 0) is 39.1 Å². The average molecular weight is 357 g/mol. The van der Waals surface area contributed by atoms with E-state index in [1.807, 2.05) is 19.2 Å². The van der Waals surface area contributed by atoms with Crippen molar-refractivity contribution in [2.45, 2.75) is 32.0 Å². The van der Waals surface area contributed by atoms with Gasteiger partial charge in [-0.1, -0.05) is 15.9 Å². The highest BCUT2D eigenvalue weighted by molar-refractivity contribution is 9.10. The van der Waals surface area contributed by atoms with E-state index in [9.17, 15) is 0 Å². The van der Waals surface area contributed by atoms with Crippen molar-refractivity contribution in [3.05, 3.63) is 28.2 Å². The maximum Gasteiger partial charge on any atom is 0.123 e. The monoisotopic (exact) mass is 356 g/mol. The maximum absolute atomic E-state index is 6.03. The molecule has 0 aromatic heterocycles. The highest BCUT2D eigenvalue weighted by Gasteiger charge is 2.36. The number of halogens is 1. The first kappa shape index (κ1) is 16.7.